The maximum Gasteiger partial charge on any atom is 0.136 e. The first-order valence-corrected chi connectivity index (χ1v) is 18.5. The van der Waals surface area contributed by atoms with E-state index in [0.29, 0.717) is 0 Å². The van der Waals surface area contributed by atoms with Crippen molar-refractivity contribution in [3.63, 3.8) is 0 Å². The lowest BCUT2D eigenvalue weighted by Crippen LogP contribution is -2.10. The maximum atomic E-state index is 6.41. The molecule has 0 saturated carbocycles. The van der Waals surface area contributed by atoms with Crippen LogP contribution in [-0.2, 0) is 0 Å². The van der Waals surface area contributed by atoms with Crippen molar-refractivity contribution in [2.24, 2.45) is 0 Å². The fourth-order valence-electron chi connectivity index (χ4n) is 8.39. The largest absolute Gasteiger partial charge is 0.456 e. The fourth-order valence-corrected chi connectivity index (χ4v) is 8.39. The number of hydrogen-bond donors (Lipinski definition) is 0. The van der Waals surface area contributed by atoms with Crippen molar-refractivity contribution < 1.29 is 4.42 Å². The Morgan fingerprint density at radius 2 is 0.833 bits per heavy atom. The molecule has 1 heterocycles. The molecule has 10 aromatic carbocycles. The molecule has 0 unspecified atom stereocenters. The molecule has 2 nitrogen and oxygen atoms in total. The Balaban J connectivity index is 1.05. The van der Waals surface area contributed by atoms with Gasteiger partial charge in [-0.25, -0.2) is 0 Å². The van der Waals surface area contributed by atoms with Gasteiger partial charge in [-0.15, -0.1) is 0 Å². The van der Waals surface area contributed by atoms with Gasteiger partial charge in [0.25, 0.3) is 0 Å². The summed E-state index contributed by atoms with van der Waals surface area (Å²) < 4.78 is 6.41. The smallest absolute Gasteiger partial charge is 0.136 e. The number of benzene rings is 10. The van der Waals surface area contributed by atoms with Crippen molar-refractivity contribution in [3.05, 3.63) is 200 Å². The maximum absolute atomic E-state index is 6.41. The van der Waals surface area contributed by atoms with E-state index in [2.05, 4.69) is 205 Å². The van der Waals surface area contributed by atoms with Gasteiger partial charge in [-0.1, -0.05) is 146 Å². The van der Waals surface area contributed by atoms with Gasteiger partial charge >= 0.3 is 0 Å². The summed E-state index contributed by atoms with van der Waals surface area (Å²) >= 11 is 0. The van der Waals surface area contributed by atoms with Crippen molar-refractivity contribution >= 4 is 82.1 Å². The molecule has 1 aromatic heterocycles. The van der Waals surface area contributed by atoms with E-state index < -0.39 is 0 Å². The highest BCUT2D eigenvalue weighted by Gasteiger charge is 2.18. The highest BCUT2D eigenvalue weighted by Crippen LogP contribution is 2.42. The minimum atomic E-state index is 0.885. The van der Waals surface area contributed by atoms with Crippen molar-refractivity contribution in [2.45, 2.75) is 0 Å². The fraction of sp³-hybridized carbons (Fsp3) is 0. The SMILES string of the molecule is c1ccc(-c2cccc(N(c3ccc(-c4ccc5c(ccc6ccc7ccccc7c65)c4)cc3)c3ccc4oc5ccc6ccccc6c5c4c3)c2)cc1. The Hall–Kier alpha value is -7.16. The van der Waals surface area contributed by atoms with Crippen LogP contribution < -0.4 is 4.90 Å². The Morgan fingerprint density at radius 3 is 1.65 bits per heavy atom. The first kappa shape index (κ1) is 30.5. The topological polar surface area (TPSA) is 16.4 Å². The molecule has 0 saturated heterocycles. The predicted molar refractivity (Wildman–Crippen MR) is 229 cm³/mol. The molecule has 0 aliphatic heterocycles. The van der Waals surface area contributed by atoms with Crippen LogP contribution in [0.15, 0.2) is 205 Å². The molecule has 0 aliphatic rings. The molecule has 0 aliphatic carbocycles. The van der Waals surface area contributed by atoms with Gasteiger partial charge in [-0.2, -0.15) is 0 Å². The Labute approximate surface area is 312 Å². The van der Waals surface area contributed by atoms with Crippen LogP contribution in [0.1, 0.15) is 0 Å². The van der Waals surface area contributed by atoms with Gasteiger partial charge in [0, 0.05) is 27.8 Å². The number of anilines is 3. The summed E-state index contributed by atoms with van der Waals surface area (Å²) in [6.07, 6.45) is 0. The van der Waals surface area contributed by atoms with E-state index in [1.807, 2.05) is 0 Å². The molecular weight excluding hydrogens is 655 g/mol. The van der Waals surface area contributed by atoms with Gasteiger partial charge in [0.2, 0.25) is 0 Å². The van der Waals surface area contributed by atoms with Gasteiger partial charge in [-0.05, 0) is 120 Å². The van der Waals surface area contributed by atoms with Crippen LogP contribution in [0.2, 0.25) is 0 Å². The molecule has 0 bridgehead atoms. The van der Waals surface area contributed by atoms with E-state index in [1.54, 1.807) is 0 Å². The molecule has 0 atom stereocenters. The normalized spacial score (nSPS) is 11.7. The molecule has 252 valence electrons. The second-order valence-corrected chi connectivity index (χ2v) is 14.1. The molecule has 0 fully saturated rings. The number of rotatable bonds is 5. The van der Waals surface area contributed by atoms with E-state index in [-0.39, 0.29) is 0 Å². The van der Waals surface area contributed by atoms with Crippen molar-refractivity contribution in [1.82, 2.24) is 0 Å². The van der Waals surface area contributed by atoms with Gasteiger partial charge in [0.1, 0.15) is 11.2 Å². The summed E-state index contributed by atoms with van der Waals surface area (Å²) in [6, 6.07) is 72.3. The second-order valence-electron chi connectivity index (χ2n) is 14.1. The highest BCUT2D eigenvalue weighted by atomic mass is 16.3. The third-order valence-corrected chi connectivity index (χ3v) is 11.0. The van der Waals surface area contributed by atoms with E-state index in [1.165, 1.54) is 65.3 Å². The van der Waals surface area contributed by atoms with Gasteiger partial charge in [0.05, 0.1) is 0 Å². The molecule has 11 aromatic rings. The van der Waals surface area contributed by atoms with Crippen LogP contribution in [0.5, 0.6) is 0 Å². The molecule has 54 heavy (non-hydrogen) atoms. The highest BCUT2D eigenvalue weighted by molar-refractivity contribution is 6.21. The molecule has 0 radical (unpaired) electrons. The third-order valence-electron chi connectivity index (χ3n) is 11.0. The van der Waals surface area contributed by atoms with Gasteiger partial charge < -0.3 is 9.32 Å². The zero-order valence-electron chi connectivity index (χ0n) is 29.4. The summed E-state index contributed by atoms with van der Waals surface area (Å²) in [5.74, 6) is 0. The third kappa shape index (κ3) is 4.96. The van der Waals surface area contributed by atoms with Crippen LogP contribution in [0.3, 0.4) is 0 Å². The molecule has 0 N–H and O–H groups in total. The zero-order valence-corrected chi connectivity index (χ0v) is 29.4. The van der Waals surface area contributed by atoms with Crippen molar-refractivity contribution in [3.8, 4) is 22.3 Å². The minimum absolute atomic E-state index is 0.885. The Morgan fingerprint density at radius 1 is 0.278 bits per heavy atom. The molecule has 0 spiro atoms. The summed E-state index contributed by atoms with van der Waals surface area (Å²) in [7, 11) is 0. The molecular formula is C52H33NO. The molecule has 0 amide bonds. The summed E-state index contributed by atoms with van der Waals surface area (Å²) in [4.78, 5) is 2.36. The summed E-state index contributed by atoms with van der Waals surface area (Å²) in [5, 5.41) is 12.3. The van der Waals surface area contributed by atoms with E-state index in [0.717, 1.165) is 39.0 Å². The van der Waals surface area contributed by atoms with E-state index in [9.17, 15) is 0 Å². The first-order valence-electron chi connectivity index (χ1n) is 18.5. The predicted octanol–water partition coefficient (Wildman–Crippen LogP) is 15.0. The minimum Gasteiger partial charge on any atom is -0.456 e. The molecule has 2 heteroatoms. The van der Waals surface area contributed by atoms with Crippen LogP contribution >= 0.6 is 0 Å². The number of fused-ring (bicyclic) bond motifs is 10. The lowest BCUT2D eigenvalue weighted by atomic mass is 9.94. The van der Waals surface area contributed by atoms with Gasteiger partial charge in [0.15, 0.2) is 0 Å². The standard InChI is InChI=1S/C52H33NO/c1-2-9-34(10-3-1)39-13-8-14-43(32-39)53(44-27-30-49-48(33-44)52-46-16-7-5-12-37(46)24-29-50(52)54-49)42-25-21-35(22-26-42)40-23-28-47-41(31-40)20-19-38-18-17-36-11-4-6-15-45(36)51(38)47/h1-33H. The Kier molecular flexibility index (Phi) is 6.90. The van der Waals surface area contributed by atoms with E-state index >= 15 is 0 Å². The summed E-state index contributed by atoms with van der Waals surface area (Å²) in [5.41, 5.74) is 9.77. The zero-order chi connectivity index (χ0) is 35.6. The van der Waals surface area contributed by atoms with E-state index in [4.69, 9.17) is 4.42 Å². The quantitative estimate of drug-likeness (QED) is 0.168. The number of furan rings is 1. The van der Waals surface area contributed by atoms with Crippen LogP contribution in [0.25, 0.3) is 87.3 Å². The molecule has 11 rings (SSSR count). The average molecular weight is 688 g/mol. The van der Waals surface area contributed by atoms with Crippen LogP contribution in [0.4, 0.5) is 17.1 Å². The Bertz CT molecular complexity index is 3210. The van der Waals surface area contributed by atoms with Crippen molar-refractivity contribution in [2.75, 3.05) is 4.90 Å². The summed E-state index contributed by atoms with van der Waals surface area (Å²) in [6.45, 7) is 0. The number of hydrogen-bond acceptors (Lipinski definition) is 2. The monoisotopic (exact) mass is 687 g/mol. The van der Waals surface area contributed by atoms with Gasteiger partial charge in [-0.3, -0.25) is 0 Å². The lowest BCUT2D eigenvalue weighted by Gasteiger charge is -2.26. The first-order chi connectivity index (χ1) is 26.7. The number of nitrogens with zero attached hydrogens (tertiary/aromatic N) is 1. The van der Waals surface area contributed by atoms with Crippen molar-refractivity contribution in [1.29, 1.82) is 0 Å². The second kappa shape index (κ2) is 12.2. The average Bonchev–Trinajstić information content (AvgIpc) is 3.63. The lowest BCUT2D eigenvalue weighted by molar-refractivity contribution is 0.669. The van der Waals surface area contributed by atoms with Crippen LogP contribution in [-0.4, -0.2) is 0 Å². The van der Waals surface area contributed by atoms with Crippen LogP contribution in [0, 0.1) is 0 Å².